The van der Waals surface area contributed by atoms with Crippen molar-refractivity contribution in [2.75, 3.05) is 6.61 Å². The van der Waals surface area contributed by atoms with Gasteiger partial charge < -0.3 is 15.0 Å². The number of amides is 1. The molecule has 1 aromatic heterocycles. The van der Waals surface area contributed by atoms with Crippen molar-refractivity contribution in [3.8, 4) is 0 Å². The molecule has 1 saturated heterocycles. The summed E-state index contributed by atoms with van der Waals surface area (Å²) in [5, 5.41) is 4.26. The molecule has 4 nitrogen and oxygen atoms in total. The molecule has 21 heavy (non-hydrogen) atoms. The maximum Gasteiger partial charge on any atom is 0.220 e. The van der Waals surface area contributed by atoms with Crippen LogP contribution in [0.15, 0.2) is 30.5 Å². The smallest absolute Gasteiger partial charge is 0.220 e. The number of H-pyrrole nitrogens is 1. The molecule has 0 spiro atoms. The van der Waals surface area contributed by atoms with Gasteiger partial charge in [0.15, 0.2) is 0 Å². The number of hydrogen-bond acceptors (Lipinski definition) is 2. The summed E-state index contributed by atoms with van der Waals surface area (Å²) in [5.74, 6) is 0.100. The van der Waals surface area contributed by atoms with Crippen LogP contribution in [-0.4, -0.2) is 29.6 Å². The fourth-order valence-corrected chi connectivity index (χ4v) is 3.00. The van der Waals surface area contributed by atoms with Crippen LogP contribution in [0.2, 0.25) is 0 Å². The summed E-state index contributed by atoms with van der Waals surface area (Å²) in [6.07, 6.45) is 5.60. The van der Waals surface area contributed by atoms with E-state index in [4.69, 9.17) is 4.74 Å². The maximum absolute atomic E-state index is 12.1. The predicted molar refractivity (Wildman–Crippen MR) is 83.2 cm³/mol. The molecule has 3 rings (SSSR count). The Hall–Kier alpha value is -1.81. The van der Waals surface area contributed by atoms with Crippen LogP contribution in [0.5, 0.6) is 0 Å². The molecule has 1 fully saturated rings. The highest BCUT2D eigenvalue weighted by Gasteiger charge is 2.23. The Bertz CT molecular complexity index is 614. The Labute approximate surface area is 124 Å². The maximum atomic E-state index is 12.1. The summed E-state index contributed by atoms with van der Waals surface area (Å²) in [7, 11) is 0. The molecule has 2 atom stereocenters. The molecule has 1 amide bonds. The van der Waals surface area contributed by atoms with Gasteiger partial charge in [-0.1, -0.05) is 18.2 Å². The minimum Gasteiger partial charge on any atom is -0.376 e. The van der Waals surface area contributed by atoms with Gasteiger partial charge in [-0.2, -0.15) is 0 Å². The molecule has 1 aromatic carbocycles. The SMILES string of the molecule is C[C@H](NC(=O)CCc1c[nH]c2ccccc12)[C@H]1CCCO1. The Kier molecular flexibility index (Phi) is 4.25. The van der Waals surface area contributed by atoms with Gasteiger partial charge >= 0.3 is 0 Å². The van der Waals surface area contributed by atoms with E-state index in [9.17, 15) is 4.79 Å². The van der Waals surface area contributed by atoms with Crippen molar-refractivity contribution >= 4 is 16.8 Å². The lowest BCUT2D eigenvalue weighted by molar-refractivity contribution is -0.122. The summed E-state index contributed by atoms with van der Waals surface area (Å²) in [4.78, 5) is 15.3. The van der Waals surface area contributed by atoms with E-state index in [1.165, 1.54) is 10.9 Å². The van der Waals surface area contributed by atoms with Crippen LogP contribution in [0.3, 0.4) is 0 Å². The lowest BCUT2D eigenvalue weighted by Gasteiger charge is -2.19. The number of aromatic amines is 1. The van der Waals surface area contributed by atoms with E-state index in [2.05, 4.69) is 22.4 Å². The third kappa shape index (κ3) is 3.27. The molecule has 1 aliphatic rings. The first kappa shape index (κ1) is 14.1. The Morgan fingerprint density at radius 3 is 3.14 bits per heavy atom. The zero-order chi connectivity index (χ0) is 14.7. The van der Waals surface area contributed by atoms with Crippen molar-refractivity contribution in [3.05, 3.63) is 36.0 Å². The number of benzene rings is 1. The van der Waals surface area contributed by atoms with E-state index in [1.54, 1.807) is 0 Å². The van der Waals surface area contributed by atoms with Crippen molar-refractivity contribution in [1.82, 2.24) is 10.3 Å². The molecule has 2 aromatic rings. The first-order valence-electron chi connectivity index (χ1n) is 7.70. The van der Waals surface area contributed by atoms with Gasteiger partial charge in [0.25, 0.3) is 0 Å². The molecule has 0 bridgehead atoms. The number of para-hydroxylation sites is 1. The number of carbonyl (C=O) groups is 1. The minimum atomic E-state index is 0.1000. The van der Waals surface area contributed by atoms with Crippen molar-refractivity contribution in [1.29, 1.82) is 0 Å². The van der Waals surface area contributed by atoms with Gasteiger partial charge in [-0.25, -0.2) is 0 Å². The second-order valence-electron chi connectivity index (χ2n) is 5.77. The Morgan fingerprint density at radius 2 is 2.33 bits per heavy atom. The van der Waals surface area contributed by atoms with E-state index in [0.29, 0.717) is 6.42 Å². The summed E-state index contributed by atoms with van der Waals surface area (Å²) in [6, 6.07) is 8.28. The van der Waals surface area contributed by atoms with Crippen LogP contribution < -0.4 is 5.32 Å². The molecule has 0 aliphatic carbocycles. The number of rotatable bonds is 5. The lowest BCUT2D eigenvalue weighted by Crippen LogP contribution is -2.40. The third-order valence-corrected chi connectivity index (χ3v) is 4.21. The van der Waals surface area contributed by atoms with E-state index < -0.39 is 0 Å². The van der Waals surface area contributed by atoms with Gasteiger partial charge in [0, 0.05) is 30.1 Å². The average Bonchev–Trinajstić information content (AvgIpc) is 3.15. The topological polar surface area (TPSA) is 54.1 Å². The fraction of sp³-hybridized carbons (Fsp3) is 0.471. The molecule has 112 valence electrons. The molecule has 1 aliphatic heterocycles. The molecular formula is C17H22N2O2. The number of nitrogens with one attached hydrogen (secondary N) is 2. The van der Waals surface area contributed by atoms with Gasteiger partial charge in [-0.05, 0) is 37.8 Å². The highest BCUT2D eigenvalue weighted by molar-refractivity contribution is 5.84. The van der Waals surface area contributed by atoms with Crippen molar-refractivity contribution in [3.63, 3.8) is 0 Å². The molecule has 0 unspecified atom stereocenters. The van der Waals surface area contributed by atoms with E-state index in [-0.39, 0.29) is 18.1 Å². The fourth-order valence-electron chi connectivity index (χ4n) is 3.00. The van der Waals surface area contributed by atoms with Crippen molar-refractivity contribution in [2.24, 2.45) is 0 Å². The van der Waals surface area contributed by atoms with Crippen LogP contribution in [0.25, 0.3) is 10.9 Å². The quantitative estimate of drug-likeness (QED) is 0.888. The van der Waals surface area contributed by atoms with E-state index in [1.807, 2.05) is 25.3 Å². The number of carbonyl (C=O) groups excluding carboxylic acids is 1. The summed E-state index contributed by atoms with van der Waals surface area (Å²) < 4.78 is 5.60. The number of hydrogen-bond donors (Lipinski definition) is 2. The molecule has 0 saturated carbocycles. The van der Waals surface area contributed by atoms with Crippen LogP contribution >= 0.6 is 0 Å². The molecule has 2 heterocycles. The third-order valence-electron chi connectivity index (χ3n) is 4.21. The second kappa shape index (κ2) is 6.31. The summed E-state index contributed by atoms with van der Waals surface area (Å²) in [5.41, 5.74) is 2.33. The highest BCUT2D eigenvalue weighted by Crippen LogP contribution is 2.19. The van der Waals surface area contributed by atoms with Crippen molar-refractivity contribution < 1.29 is 9.53 Å². The highest BCUT2D eigenvalue weighted by atomic mass is 16.5. The van der Waals surface area contributed by atoms with Crippen molar-refractivity contribution in [2.45, 2.75) is 44.8 Å². The zero-order valence-electron chi connectivity index (χ0n) is 12.4. The molecular weight excluding hydrogens is 264 g/mol. The Balaban J connectivity index is 1.53. The summed E-state index contributed by atoms with van der Waals surface area (Å²) >= 11 is 0. The van der Waals surface area contributed by atoms with Gasteiger partial charge in [-0.3, -0.25) is 4.79 Å². The second-order valence-corrected chi connectivity index (χ2v) is 5.77. The monoisotopic (exact) mass is 286 g/mol. The normalized spacial score (nSPS) is 19.8. The largest absolute Gasteiger partial charge is 0.376 e. The lowest BCUT2D eigenvalue weighted by atomic mass is 10.1. The predicted octanol–water partition coefficient (Wildman–Crippen LogP) is 2.78. The zero-order valence-corrected chi connectivity index (χ0v) is 12.4. The van der Waals surface area contributed by atoms with Crippen LogP contribution in [0, 0.1) is 0 Å². The number of fused-ring (bicyclic) bond motifs is 1. The van der Waals surface area contributed by atoms with E-state index >= 15 is 0 Å². The first-order chi connectivity index (χ1) is 10.2. The van der Waals surface area contributed by atoms with Gasteiger partial charge in [0.1, 0.15) is 0 Å². The van der Waals surface area contributed by atoms with Crippen LogP contribution in [0.4, 0.5) is 0 Å². The van der Waals surface area contributed by atoms with Gasteiger partial charge in [0.2, 0.25) is 5.91 Å². The van der Waals surface area contributed by atoms with Gasteiger partial charge in [-0.15, -0.1) is 0 Å². The summed E-state index contributed by atoms with van der Waals surface area (Å²) in [6.45, 7) is 2.85. The Morgan fingerprint density at radius 1 is 1.48 bits per heavy atom. The van der Waals surface area contributed by atoms with E-state index in [0.717, 1.165) is 31.4 Å². The average molecular weight is 286 g/mol. The molecule has 4 heteroatoms. The number of ether oxygens (including phenoxy) is 1. The number of aromatic nitrogens is 1. The van der Waals surface area contributed by atoms with Crippen LogP contribution in [-0.2, 0) is 16.0 Å². The standard InChI is InChI=1S/C17H22N2O2/c1-12(16-7-4-10-21-16)19-17(20)9-8-13-11-18-15-6-3-2-5-14(13)15/h2-3,5-6,11-12,16,18H,4,7-10H2,1H3,(H,19,20)/t12-,16+/m0/s1. The molecule has 0 radical (unpaired) electrons. The first-order valence-corrected chi connectivity index (χ1v) is 7.70. The number of aryl methyl sites for hydroxylation is 1. The van der Waals surface area contributed by atoms with Crippen LogP contribution in [0.1, 0.15) is 31.7 Å². The minimum absolute atomic E-state index is 0.1000. The van der Waals surface area contributed by atoms with Gasteiger partial charge in [0.05, 0.1) is 12.1 Å². The molecule has 2 N–H and O–H groups in total.